The Labute approximate surface area is 132 Å². The van der Waals surface area contributed by atoms with Crippen molar-refractivity contribution in [3.63, 3.8) is 0 Å². The van der Waals surface area contributed by atoms with Gasteiger partial charge < -0.3 is 4.52 Å². The third-order valence-corrected chi connectivity index (χ3v) is 4.42. The maximum absolute atomic E-state index is 5.51. The summed E-state index contributed by atoms with van der Waals surface area (Å²) in [6.07, 6.45) is 11.1. The van der Waals surface area contributed by atoms with Crippen LogP contribution >= 0.6 is 0 Å². The normalized spacial score (nSPS) is 20.2. The highest BCUT2D eigenvalue weighted by molar-refractivity contribution is 5.12. The molecule has 0 N–H and O–H groups in total. The molecule has 1 fully saturated rings. The summed E-state index contributed by atoms with van der Waals surface area (Å²) in [5.74, 6) is 1.02. The lowest BCUT2D eigenvalue weighted by molar-refractivity contribution is 0.183. The van der Waals surface area contributed by atoms with E-state index < -0.39 is 0 Å². The van der Waals surface area contributed by atoms with Gasteiger partial charge in [-0.05, 0) is 25.8 Å². The Morgan fingerprint density at radius 2 is 2.23 bits per heavy atom. The molecule has 3 rings (SSSR count). The van der Waals surface area contributed by atoms with Gasteiger partial charge >= 0.3 is 0 Å². The van der Waals surface area contributed by atoms with Gasteiger partial charge in [-0.15, -0.1) is 0 Å². The van der Waals surface area contributed by atoms with Crippen molar-refractivity contribution in [3.8, 4) is 0 Å². The summed E-state index contributed by atoms with van der Waals surface area (Å²) in [5, 5.41) is 8.65. The highest BCUT2D eigenvalue weighted by atomic mass is 16.5. The van der Waals surface area contributed by atoms with Crippen molar-refractivity contribution in [2.75, 3.05) is 6.54 Å². The zero-order chi connectivity index (χ0) is 15.4. The summed E-state index contributed by atoms with van der Waals surface area (Å²) in [7, 11) is 1.97. The maximum Gasteiger partial charge on any atom is 0.137 e. The van der Waals surface area contributed by atoms with Gasteiger partial charge in [-0.3, -0.25) is 9.58 Å². The number of likely N-dealkylation sites (tertiary alicyclic amines) is 1. The monoisotopic (exact) mass is 302 g/mol. The van der Waals surface area contributed by atoms with E-state index in [1.165, 1.54) is 31.2 Å². The van der Waals surface area contributed by atoms with Gasteiger partial charge in [0.25, 0.3) is 0 Å². The quantitative estimate of drug-likeness (QED) is 0.848. The van der Waals surface area contributed by atoms with E-state index in [1.807, 2.05) is 17.9 Å². The van der Waals surface area contributed by atoms with Crippen LogP contribution < -0.4 is 0 Å². The van der Waals surface area contributed by atoms with E-state index in [9.17, 15) is 0 Å². The molecule has 2 aromatic heterocycles. The number of rotatable bonds is 5. The molecule has 0 saturated carbocycles. The van der Waals surface area contributed by atoms with Crippen molar-refractivity contribution in [2.45, 2.75) is 58.0 Å². The van der Waals surface area contributed by atoms with Gasteiger partial charge in [0.2, 0.25) is 0 Å². The molecule has 1 saturated heterocycles. The zero-order valence-corrected chi connectivity index (χ0v) is 13.7. The summed E-state index contributed by atoms with van der Waals surface area (Å²) >= 11 is 0. The first-order chi connectivity index (χ1) is 10.8. The van der Waals surface area contributed by atoms with Crippen LogP contribution in [0, 0.1) is 0 Å². The Morgan fingerprint density at radius 1 is 1.32 bits per heavy atom. The van der Waals surface area contributed by atoms with Crippen molar-refractivity contribution in [1.82, 2.24) is 19.8 Å². The van der Waals surface area contributed by atoms with Gasteiger partial charge in [0.1, 0.15) is 11.5 Å². The molecular formula is C17H26N4O. The second-order valence-corrected chi connectivity index (χ2v) is 6.33. The molecule has 3 heterocycles. The number of aromatic nitrogens is 3. The van der Waals surface area contributed by atoms with Gasteiger partial charge in [0, 0.05) is 37.8 Å². The second kappa shape index (κ2) is 7.09. The molecule has 5 nitrogen and oxygen atoms in total. The van der Waals surface area contributed by atoms with Crippen LogP contribution in [0.1, 0.15) is 62.1 Å². The van der Waals surface area contributed by atoms with Crippen LogP contribution in [0.4, 0.5) is 0 Å². The molecule has 0 aliphatic carbocycles. The Kier molecular flexibility index (Phi) is 4.93. The number of nitrogens with zero attached hydrogens (tertiary/aromatic N) is 4. The van der Waals surface area contributed by atoms with Crippen molar-refractivity contribution >= 4 is 0 Å². The van der Waals surface area contributed by atoms with Crippen LogP contribution in [0.3, 0.4) is 0 Å². The summed E-state index contributed by atoms with van der Waals surface area (Å²) in [6.45, 7) is 4.23. The van der Waals surface area contributed by atoms with Crippen LogP contribution in [0.5, 0.6) is 0 Å². The average molecular weight is 302 g/mol. The summed E-state index contributed by atoms with van der Waals surface area (Å²) < 4.78 is 7.38. The lowest BCUT2D eigenvalue weighted by Crippen LogP contribution is -2.28. The molecular weight excluding hydrogens is 276 g/mol. The molecule has 0 unspecified atom stereocenters. The highest BCUT2D eigenvalue weighted by Gasteiger charge is 2.25. The highest BCUT2D eigenvalue weighted by Crippen LogP contribution is 2.31. The third kappa shape index (κ3) is 3.58. The third-order valence-electron chi connectivity index (χ3n) is 4.42. The summed E-state index contributed by atoms with van der Waals surface area (Å²) in [6, 6.07) is 2.53. The van der Waals surface area contributed by atoms with E-state index >= 15 is 0 Å². The number of hydrogen-bond acceptors (Lipinski definition) is 4. The van der Waals surface area contributed by atoms with E-state index in [0.717, 1.165) is 37.4 Å². The zero-order valence-electron chi connectivity index (χ0n) is 13.7. The first-order valence-electron chi connectivity index (χ1n) is 8.43. The molecule has 0 amide bonds. The van der Waals surface area contributed by atoms with Crippen LogP contribution in [0.15, 0.2) is 23.0 Å². The van der Waals surface area contributed by atoms with Gasteiger partial charge in [-0.25, -0.2) is 0 Å². The van der Waals surface area contributed by atoms with Gasteiger partial charge in [0.15, 0.2) is 0 Å². The predicted octanol–water partition coefficient (Wildman–Crippen LogP) is 3.48. The minimum Gasteiger partial charge on any atom is -0.361 e. The van der Waals surface area contributed by atoms with Crippen molar-refractivity contribution in [2.24, 2.45) is 7.05 Å². The van der Waals surface area contributed by atoms with Gasteiger partial charge in [-0.2, -0.15) is 5.10 Å². The molecule has 5 heteroatoms. The van der Waals surface area contributed by atoms with Crippen molar-refractivity contribution in [3.05, 3.63) is 35.5 Å². The Hall–Kier alpha value is -1.62. The van der Waals surface area contributed by atoms with Crippen molar-refractivity contribution < 1.29 is 4.52 Å². The largest absolute Gasteiger partial charge is 0.361 e. The van der Waals surface area contributed by atoms with Crippen molar-refractivity contribution in [1.29, 1.82) is 0 Å². The second-order valence-electron chi connectivity index (χ2n) is 6.33. The lowest BCUT2D eigenvalue weighted by Gasteiger charge is -2.27. The molecule has 0 spiro atoms. The molecule has 0 radical (unpaired) electrons. The SMILES string of the molecule is CCCc1cc([C@H]2CCCCCN2Cc2cnn(C)c2)no1. The Morgan fingerprint density at radius 3 is 3.00 bits per heavy atom. The average Bonchev–Trinajstić information content (AvgIpc) is 3.05. The van der Waals surface area contributed by atoms with E-state index in [2.05, 4.69) is 34.3 Å². The molecule has 1 atom stereocenters. The minimum absolute atomic E-state index is 0.372. The Bertz CT molecular complexity index is 589. The molecule has 22 heavy (non-hydrogen) atoms. The van der Waals surface area contributed by atoms with E-state index in [4.69, 9.17) is 4.52 Å². The minimum atomic E-state index is 0.372. The van der Waals surface area contributed by atoms with Crippen LogP contribution in [-0.2, 0) is 20.0 Å². The van der Waals surface area contributed by atoms with Crippen LogP contribution in [0.25, 0.3) is 0 Å². The first-order valence-corrected chi connectivity index (χ1v) is 8.43. The molecule has 2 aromatic rings. The predicted molar refractivity (Wildman–Crippen MR) is 85.3 cm³/mol. The molecule has 1 aliphatic heterocycles. The summed E-state index contributed by atoms with van der Waals surface area (Å²) in [4.78, 5) is 2.54. The molecule has 120 valence electrons. The van der Waals surface area contributed by atoms with E-state index in [0.29, 0.717) is 6.04 Å². The maximum atomic E-state index is 5.51. The van der Waals surface area contributed by atoms with E-state index in [1.54, 1.807) is 0 Å². The number of hydrogen-bond donors (Lipinski definition) is 0. The summed E-state index contributed by atoms with van der Waals surface area (Å²) in [5.41, 5.74) is 2.38. The van der Waals surface area contributed by atoms with Gasteiger partial charge in [-0.1, -0.05) is 24.9 Å². The number of aryl methyl sites for hydroxylation is 2. The topological polar surface area (TPSA) is 47.1 Å². The van der Waals surface area contributed by atoms with Crippen LogP contribution in [0.2, 0.25) is 0 Å². The lowest BCUT2D eigenvalue weighted by atomic mass is 10.1. The Balaban J connectivity index is 1.77. The van der Waals surface area contributed by atoms with Gasteiger partial charge in [0.05, 0.1) is 12.2 Å². The standard InChI is InChI=1S/C17H26N4O/c1-3-7-15-10-16(19-22-15)17-8-5-4-6-9-21(17)13-14-11-18-20(2)12-14/h10-12,17H,3-9,13H2,1-2H3/t17-/m1/s1. The van der Waals surface area contributed by atoms with E-state index in [-0.39, 0.29) is 0 Å². The fraction of sp³-hybridized carbons (Fsp3) is 0.647. The smallest absolute Gasteiger partial charge is 0.137 e. The molecule has 0 bridgehead atoms. The molecule has 1 aliphatic rings. The first kappa shape index (κ1) is 15.3. The fourth-order valence-electron chi connectivity index (χ4n) is 3.33. The fourth-order valence-corrected chi connectivity index (χ4v) is 3.33. The van der Waals surface area contributed by atoms with Crippen LogP contribution in [-0.4, -0.2) is 26.4 Å². The molecule has 0 aromatic carbocycles.